The molecule has 0 aliphatic carbocycles. The third kappa shape index (κ3) is 8.14. The number of aromatic nitrogens is 2. The van der Waals surface area contributed by atoms with Crippen LogP contribution in [0.5, 0.6) is 11.5 Å². The molecule has 4 aromatic rings. The van der Waals surface area contributed by atoms with E-state index in [0.717, 1.165) is 57.4 Å². The zero-order chi connectivity index (χ0) is 26.1. The molecule has 0 radical (unpaired) electrons. The fourth-order valence-corrected chi connectivity index (χ4v) is 3.69. The summed E-state index contributed by atoms with van der Waals surface area (Å²) >= 11 is 0. The van der Waals surface area contributed by atoms with Crippen molar-refractivity contribution in [3.8, 4) is 34.0 Å². The number of methoxy groups -OCH3 is 2. The number of aryl methyl sites for hydroxylation is 2. The molecule has 0 aliphatic heterocycles. The maximum absolute atomic E-state index is 5.24. The first-order valence-corrected chi connectivity index (χ1v) is 11.7. The number of anilines is 1. The van der Waals surface area contributed by atoms with Crippen LogP contribution in [0, 0.1) is 26.0 Å². The Hall–Kier alpha value is -3.21. The van der Waals surface area contributed by atoms with Crippen LogP contribution in [-0.4, -0.2) is 45.3 Å². The summed E-state index contributed by atoms with van der Waals surface area (Å²) in [6, 6.07) is 22.3. The van der Waals surface area contributed by atoms with E-state index in [-0.39, 0.29) is 21.1 Å². The van der Waals surface area contributed by atoms with Crippen LogP contribution in [0.25, 0.3) is 22.5 Å². The summed E-state index contributed by atoms with van der Waals surface area (Å²) in [6.07, 6.45) is 3.65. The topological polar surface area (TPSA) is 59.5 Å². The summed E-state index contributed by atoms with van der Waals surface area (Å²) in [5, 5.41) is 3.13. The molecule has 7 heteroatoms. The van der Waals surface area contributed by atoms with Crippen molar-refractivity contribution in [3.05, 3.63) is 89.7 Å². The molecular weight excluding hydrogens is 643 g/mol. The van der Waals surface area contributed by atoms with Gasteiger partial charge in [-0.1, -0.05) is 37.1 Å². The van der Waals surface area contributed by atoms with Gasteiger partial charge < -0.3 is 29.7 Å². The molecule has 6 nitrogen and oxygen atoms in total. The van der Waals surface area contributed by atoms with Gasteiger partial charge in [-0.3, -0.25) is 0 Å². The Labute approximate surface area is 235 Å². The monoisotopic (exact) mass is 677 g/mol. The first-order chi connectivity index (χ1) is 17.4. The van der Waals surface area contributed by atoms with E-state index in [9.17, 15) is 0 Å². The molecule has 0 amide bonds. The van der Waals surface area contributed by atoms with E-state index in [1.165, 1.54) is 5.56 Å². The number of hydrogen-bond acceptors (Lipinski definition) is 6. The molecule has 1 N–H and O–H groups in total. The van der Waals surface area contributed by atoms with Gasteiger partial charge in [0.15, 0.2) is 0 Å². The number of hydrogen-bond donors (Lipinski definition) is 1. The van der Waals surface area contributed by atoms with E-state index in [4.69, 9.17) is 9.47 Å². The van der Waals surface area contributed by atoms with Crippen LogP contribution in [0.3, 0.4) is 0 Å². The Balaban J connectivity index is 0.000000253. The summed E-state index contributed by atoms with van der Waals surface area (Å²) < 4.78 is 10.5. The number of nitrogens with one attached hydrogen (secondary N) is 1. The molecule has 0 spiro atoms. The summed E-state index contributed by atoms with van der Waals surface area (Å²) in [5.74, 6) is 1.70. The molecule has 4 rings (SSSR count). The molecule has 0 aliphatic rings. The minimum Gasteiger partial charge on any atom is -0.540 e. The van der Waals surface area contributed by atoms with Crippen LogP contribution in [0.2, 0.25) is 0 Å². The average Bonchev–Trinajstić information content (AvgIpc) is 2.89. The molecule has 0 atom stereocenters. The molecule has 0 unspecified atom stereocenters. The Morgan fingerprint density at radius 3 is 1.78 bits per heavy atom. The van der Waals surface area contributed by atoms with Crippen molar-refractivity contribution in [2.75, 3.05) is 40.3 Å². The number of ether oxygens (including phenoxy) is 2. The van der Waals surface area contributed by atoms with Crippen molar-refractivity contribution < 1.29 is 30.5 Å². The smallest absolute Gasteiger partial charge is 0.540 e. The van der Waals surface area contributed by atoms with Gasteiger partial charge in [-0.05, 0) is 36.1 Å². The van der Waals surface area contributed by atoms with E-state index >= 15 is 0 Å². The van der Waals surface area contributed by atoms with Crippen LogP contribution in [0.15, 0.2) is 60.9 Å². The molecule has 0 saturated heterocycles. The fraction of sp³-hybridized carbons (Fsp3) is 0.267. The molecule has 2 aromatic carbocycles. The Morgan fingerprint density at radius 2 is 1.32 bits per heavy atom. The predicted octanol–water partition coefficient (Wildman–Crippen LogP) is 5.51. The molecule has 37 heavy (non-hydrogen) atoms. The standard InChI is InChI=1S/2C15H17N2O.Pt/c1-11-9-12(5-6-15(11)18-4)14-10-13(17(2)3)7-8-16-14;1-11-8-13(4-5-15(11)18-3)14-9-12(10-16-2)6-7-17-14;/h6-10H,1-4H3;5-9,16H,10H2,1-3H3;/q2*-1;+2. The van der Waals surface area contributed by atoms with Gasteiger partial charge in [0.2, 0.25) is 0 Å². The summed E-state index contributed by atoms with van der Waals surface area (Å²) in [6.45, 7) is 4.88. The van der Waals surface area contributed by atoms with Gasteiger partial charge in [-0.2, -0.15) is 0 Å². The predicted molar refractivity (Wildman–Crippen MR) is 147 cm³/mol. The number of rotatable bonds is 7. The molecule has 2 heterocycles. The summed E-state index contributed by atoms with van der Waals surface area (Å²) in [4.78, 5) is 10.8. The van der Waals surface area contributed by atoms with E-state index in [0.29, 0.717) is 0 Å². The molecular formula is C30H34N4O2Pt. The second kappa shape index (κ2) is 14.5. The SMILES string of the molecule is CNCc1ccnc(-c2[c-]cc(OC)c(C)c2)c1.COc1c[c-]c(-c2cc(N(C)C)ccn2)cc1C.[Pt+2]. The first-order valence-electron chi connectivity index (χ1n) is 11.7. The van der Waals surface area contributed by atoms with Crippen LogP contribution in [-0.2, 0) is 27.6 Å². The van der Waals surface area contributed by atoms with E-state index < -0.39 is 0 Å². The van der Waals surface area contributed by atoms with E-state index in [1.807, 2.05) is 83.8 Å². The van der Waals surface area contributed by atoms with E-state index in [1.54, 1.807) is 14.2 Å². The average molecular weight is 678 g/mol. The molecule has 196 valence electrons. The van der Waals surface area contributed by atoms with Crippen molar-refractivity contribution in [1.82, 2.24) is 15.3 Å². The van der Waals surface area contributed by atoms with Gasteiger partial charge in [0.1, 0.15) is 0 Å². The van der Waals surface area contributed by atoms with Crippen molar-refractivity contribution in [2.45, 2.75) is 20.4 Å². The largest absolute Gasteiger partial charge is 2.00 e. The van der Waals surface area contributed by atoms with Gasteiger partial charge in [0.25, 0.3) is 0 Å². The molecule has 0 fully saturated rings. The van der Waals surface area contributed by atoms with Gasteiger partial charge in [-0.25, -0.2) is 0 Å². The normalized spacial score (nSPS) is 10.0. The third-order valence-corrected chi connectivity index (χ3v) is 5.67. The zero-order valence-electron chi connectivity index (χ0n) is 22.5. The zero-order valence-corrected chi connectivity index (χ0v) is 24.7. The van der Waals surface area contributed by atoms with E-state index in [2.05, 4.69) is 44.5 Å². The summed E-state index contributed by atoms with van der Waals surface area (Å²) in [7, 11) is 9.30. The van der Waals surface area contributed by atoms with Crippen molar-refractivity contribution >= 4 is 5.69 Å². The van der Waals surface area contributed by atoms with Gasteiger partial charge >= 0.3 is 21.1 Å². The maximum Gasteiger partial charge on any atom is 2.00 e. The van der Waals surface area contributed by atoms with Crippen LogP contribution < -0.4 is 19.7 Å². The minimum absolute atomic E-state index is 0. The van der Waals surface area contributed by atoms with Crippen LogP contribution in [0.4, 0.5) is 5.69 Å². The van der Waals surface area contributed by atoms with Gasteiger partial charge in [0, 0.05) is 50.2 Å². The molecule has 0 saturated carbocycles. The third-order valence-electron chi connectivity index (χ3n) is 5.67. The Kier molecular flexibility index (Phi) is 11.8. The summed E-state index contributed by atoms with van der Waals surface area (Å²) in [5.41, 5.74) is 8.35. The second-order valence-corrected chi connectivity index (χ2v) is 8.57. The molecule has 0 bridgehead atoms. The quantitative estimate of drug-likeness (QED) is 0.261. The second-order valence-electron chi connectivity index (χ2n) is 8.57. The van der Waals surface area contributed by atoms with Crippen LogP contribution in [0.1, 0.15) is 16.7 Å². The van der Waals surface area contributed by atoms with Gasteiger partial charge in [0.05, 0.1) is 14.2 Å². The van der Waals surface area contributed by atoms with Crippen molar-refractivity contribution in [3.63, 3.8) is 0 Å². The Morgan fingerprint density at radius 1 is 0.811 bits per heavy atom. The molecule has 2 aromatic heterocycles. The van der Waals surface area contributed by atoms with Crippen LogP contribution >= 0.6 is 0 Å². The van der Waals surface area contributed by atoms with Crippen molar-refractivity contribution in [2.24, 2.45) is 0 Å². The van der Waals surface area contributed by atoms with Gasteiger partial charge in [-0.15, -0.1) is 47.5 Å². The van der Waals surface area contributed by atoms with Crippen molar-refractivity contribution in [1.29, 1.82) is 0 Å². The number of nitrogens with zero attached hydrogens (tertiary/aromatic N) is 3. The maximum atomic E-state index is 5.24. The number of benzene rings is 2. The Bertz CT molecular complexity index is 1290. The number of pyridine rings is 2. The minimum atomic E-state index is 0. The first kappa shape index (κ1) is 30.0. The fourth-order valence-electron chi connectivity index (χ4n) is 3.69.